The van der Waals surface area contributed by atoms with Gasteiger partial charge in [-0.25, -0.2) is 4.39 Å². The van der Waals surface area contributed by atoms with Gasteiger partial charge >= 0.3 is 0 Å². The van der Waals surface area contributed by atoms with Gasteiger partial charge in [-0.05, 0) is 18.2 Å². The molecular weight excluding hydrogens is 173 g/mol. The van der Waals surface area contributed by atoms with E-state index in [1.54, 1.807) is 0 Å². The summed E-state index contributed by atoms with van der Waals surface area (Å²) in [4.78, 5) is 10.8. The van der Waals surface area contributed by atoms with E-state index >= 15 is 0 Å². The summed E-state index contributed by atoms with van der Waals surface area (Å²) in [5, 5.41) is 8.25. The van der Waals surface area contributed by atoms with Crippen LogP contribution in [0, 0.1) is 17.1 Å². The van der Waals surface area contributed by atoms with E-state index < -0.39 is 11.6 Å². The second-order valence-corrected chi connectivity index (χ2v) is 2.29. The van der Waals surface area contributed by atoms with Crippen LogP contribution in [0.1, 0.15) is 10.4 Å². The average Bonchev–Trinajstić information content (AvgIpc) is 2.16. The van der Waals surface area contributed by atoms with Gasteiger partial charge in [-0.15, -0.1) is 0 Å². The molecule has 0 heterocycles. The summed E-state index contributed by atoms with van der Waals surface area (Å²) in [6, 6.07) is 5.02. The Hall–Kier alpha value is -1.89. The lowest BCUT2D eigenvalue weighted by molar-refractivity contribution is 0.105. The average molecular weight is 179 g/mol. The fourth-order valence-electron chi connectivity index (χ4n) is 0.872. The zero-order valence-corrected chi connectivity index (χ0v) is 6.87. The summed E-state index contributed by atoms with van der Waals surface area (Å²) in [6.45, 7) is 0. The van der Waals surface area contributed by atoms with Crippen molar-refractivity contribution in [2.24, 2.45) is 0 Å². The molecule has 0 spiro atoms. The first kappa shape index (κ1) is 9.20. The van der Waals surface area contributed by atoms with Crippen molar-refractivity contribution < 1.29 is 13.9 Å². The monoisotopic (exact) mass is 179 g/mol. The Bertz CT molecular complexity index is 382. The Balaban J connectivity index is 3.11. The maximum Gasteiger partial charge on any atom is 0.262 e. The summed E-state index contributed by atoms with van der Waals surface area (Å²) in [6.07, 6.45) is 0. The first-order chi connectivity index (χ1) is 6.19. The number of hydrogen-bond acceptors (Lipinski definition) is 3. The van der Waals surface area contributed by atoms with Crippen LogP contribution < -0.4 is 4.74 Å². The molecule has 0 aromatic heterocycles. The highest BCUT2D eigenvalue weighted by molar-refractivity contribution is 6.07. The van der Waals surface area contributed by atoms with Crippen LogP contribution in [0.4, 0.5) is 4.39 Å². The summed E-state index contributed by atoms with van der Waals surface area (Å²) in [5.74, 6) is -1.36. The topological polar surface area (TPSA) is 50.1 Å². The highest BCUT2D eigenvalue weighted by Gasteiger charge is 2.08. The van der Waals surface area contributed by atoms with Gasteiger partial charge in [0.15, 0.2) is 11.6 Å². The van der Waals surface area contributed by atoms with E-state index in [4.69, 9.17) is 5.26 Å². The number of benzene rings is 1. The van der Waals surface area contributed by atoms with Crippen molar-refractivity contribution in [3.8, 4) is 11.8 Å². The molecule has 0 bridgehead atoms. The van der Waals surface area contributed by atoms with Gasteiger partial charge in [0, 0.05) is 5.56 Å². The highest BCUT2D eigenvalue weighted by atomic mass is 19.1. The molecule has 1 aromatic carbocycles. The quantitative estimate of drug-likeness (QED) is 0.511. The van der Waals surface area contributed by atoms with Crippen molar-refractivity contribution in [3.05, 3.63) is 29.6 Å². The first-order valence-electron chi connectivity index (χ1n) is 3.47. The molecule has 1 rings (SSSR count). The van der Waals surface area contributed by atoms with E-state index in [0.29, 0.717) is 0 Å². The molecule has 0 saturated heterocycles. The fourth-order valence-corrected chi connectivity index (χ4v) is 0.872. The number of carbonyl (C=O) groups excluding carboxylic acids is 1. The van der Waals surface area contributed by atoms with Crippen LogP contribution in [-0.4, -0.2) is 12.9 Å². The summed E-state index contributed by atoms with van der Waals surface area (Å²) >= 11 is 0. The van der Waals surface area contributed by atoms with E-state index in [2.05, 4.69) is 4.74 Å². The molecule has 0 N–H and O–H groups in total. The smallest absolute Gasteiger partial charge is 0.262 e. The maximum absolute atomic E-state index is 13.0. The fraction of sp³-hybridized carbons (Fsp3) is 0.111. The predicted octanol–water partition coefficient (Wildman–Crippen LogP) is 1.54. The summed E-state index contributed by atoms with van der Waals surface area (Å²) < 4.78 is 17.6. The predicted molar refractivity (Wildman–Crippen MR) is 42.9 cm³/mol. The highest BCUT2D eigenvalue weighted by Crippen LogP contribution is 2.17. The minimum atomic E-state index is -0.762. The van der Waals surface area contributed by atoms with Crippen molar-refractivity contribution in [1.29, 1.82) is 5.26 Å². The van der Waals surface area contributed by atoms with Crippen molar-refractivity contribution in [1.82, 2.24) is 0 Å². The molecule has 0 amide bonds. The van der Waals surface area contributed by atoms with Gasteiger partial charge in [0.2, 0.25) is 0 Å². The number of ether oxygens (including phenoxy) is 1. The Morgan fingerprint density at radius 2 is 2.31 bits per heavy atom. The molecule has 0 aliphatic rings. The van der Waals surface area contributed by atoms with E-state index in [0.717, 1.165) is 6.07 Å². The van der Waals surface area contributed by atoms with Crippen molar-refractivity contribution in [2.45, 2.75) is 0 Å². The Kier molecular flexibility index (Phi) is 2.60. The van der Waals surface area contributed by atoms with Crippen molar-refractivity contribution in [3.63, 3.8) is 0 Å². The molecule has 1 aromatic rings. The zero-order chi connectivity index (χ0) is 9.84. The van der Waals surface area contributed by atoms with E-state index in [1.165, 1.54) is 25.3 Å². The number of Topliss-reactive ketones (excluding diaryl/α,β-unsaturated/α-hetero) is 1. The lowest BCUT2D eigenvalue weighted by Gasteiger charge is -2.01. The van der Waals surface area contributed by atoms with Gasteiger partial charge < -0.3 is 4.74 Å². The molecule has 3 nitrogen and oxygen atoms in total. The maximum atomic E-state index is 13.0. The minimum absolute atomic E-state index is 0.0285. The molecule has 0 unspecified atom stereocenters. The number of halogens is 1. The largest absolute Gasteiger partial charge is 0.494 e. The van der Waals surface area contributed by atoms with E-state index in [9.17, 15) is 9.18 Å². The summed E-state index contributed by atoms with van der Waals surface area (Å²) in [5.41, 5.74) is 0.0285. The zero-order valence-electron chi connectivity index (χ0n) is 6.87. The number of nitrogens with zero attached hydrogens (tertiary/aromatic N) is 1. The third-order valence-electron chi connectivity index (χ3n) is 1.52. The van der Waals surface area contributed by atoms with Crippen LogP contribution in [0.5, 0.6) is 5.75 Å². The third-order valence-corrected chi connectivity index (χ3v) is 1.52. The lowest BCUT2D eigenvalue weighted by Crippen LogP contribution is -1.96. The number of carbonyl (C=O) groups is 1. The second kappa shape index (κ2) is 3.68. The van der Waals surface area contributed by atoms with Crippen LogP contribution >= 0.6 is 0 Å². The molecular formula is C9H6FNO2. The molecule has 0 saturated carbocycles. The Morgan fingerprint density at radius 1 is 1.62 bits per heavy atom. The molecule has 0 fully saturated rings. The van der Waals surface area contributed by atoms with Gasteiger partial charge in [0.1, 0.15) is 6.07 Å². The second-order valence-electron chi connectivity index (χ2n) is 2.29. The minimum Gasteiger partial charge on any atom is -0.494 e. The Labute approximate surface area is 74.4 Å². The van der Waals surface area contributed by atoms with Gasteiger partial charge in [-0.2, -0.15) is 5.26 Å². The molecule has 0 radical (unpaired) electrons. The number of nitriles is 1. The van der Waals surface area contributed by atoms with Crippen LogP contribution in [0.3, 0.4) is 0 Å². The van der Waals surface area contributed by atoms with E-state index in [1.807, 2.05) is 0 Å². The van der Waals surface area contributed by atoms with Crippen molar-refractivity contribution in [2.75, 3.05) is 7.11 Å². The third kappa shape index (κ3) is 1.82. The molecule has 0 aliphatic heterocycles. The number of ketones is 1. The van der Waals surface area contributed by atoms with Gasteiger partial charge in [-0.3, -0.25) is 4.79 Å². The summed E-state index contributed by atoms with van der Waals surface area (Å²) in [7, 11) is 1.32. The molecule has 0 atom stereocenters. The molecule has 0 aliphatic carbocycles. The lowest BCUT2D eigenvalue weighted by atomic mass is 10.1. The number of hydrogen-bond donors (Lipinski definition) is 0. The van der Waals surface area contributed by atoms with Crippen LogP contribution in [0.15, 0.2) is 18.2 Å². The normalized spacial score (nSPS) is 9.00. The van der Waals surface area contributed by atoms with Gasteiger partial charge in [0.25, 0.3) is 5.78 Å². The van der Waals surface area contributed by atoms with Crippen LogP contribution in [0.25, 0.3) is 0 Å². The van der Waals surface area contributed by atoms with Crippen molar-refractivity contribution >= 4 is 5.78 Å². The SMILES string of the molecule is COc1ccc(C(=O)C#N)cc1F. The molecule has 13 heavy (non-hydrogen) atoms. The number of methoxy groups -OCH3 is 1. The van der Waals surface area contributed by atoms with Gasteiger partial charge in [-0.1, -0.05) is 0 Å². The first-order valence-corrected chi connectivity index (χ1v) is 3.47. The van der Waals surface area contributed by atoms with Gasteiger partial charge in [0.05, 0.1) is 7.11 Å². The molecule has 4 heteroatoms. The number of rotatable bonds is 2. The standard InChI is InChI=1S/C9H6FNO2/c1-13-9-3-2-6(4-7(9)10)8(12)5-11/h2-4H,1H3. The van der Waals surface area contributed by atoms with Crippen LogP contribution in [0.2, 0.25) is 0 Å². The van der Waals surface area contributed by atoms with E-state index in [-0.39, 0.29) is 11.3 Å². The molecule has 66 valence electrons. The van der Waals surface area contributed by atoms with Crippen LogP contribution in [-0.2, 0) is 0 Å². The Morgan fingerprint density at radius 3 is 2.77 bits per heavy atom.